The normalized spacial score (nSPS) is 14.7. The maximum atomic E-state index is 13.0. The van der Waals surface area contributed by atoms with Crippen LogP contribution in [0.15, 0.2) is 72.8 Å². The molecule has 0 fully saturated rings. The lowest BCUT2D eigenvalue weighted by Gasteiger charge is -2.31. The summed E-state index contributed by atoms with van der Waals surface area (Å²) in [7, 11) is 0. The molecule has 3 atom stereocenters. The molecule has 0 heterocycles. The summed E-state index contributed by atoms with van der Waals surface area (Å²) in [5.74, 6) is -0.441. The standard InChI is InChI=1S/C23H29NO2/c1-17(2)22(25)18(3)23(26)19(4)24(15-20-11-7-5-8-12-20)16-21-13-9-6-10-14-21/h5-14,18-19,22,25H,1,15-16H2,2-4H3/t18-,19+,22+/m1/s1. The highest BCUT2D eigenvalue weighted by molar-refractivity contribution is 5.86. The number of nitrogens with zero attached hydrogens (tertiary/aromatic N) is 1. The van der Waals surface area contributed by atoms with Gasteiger partial charge in [0, 0.05) is 19.0 Å². The SMILES string of the molecule is C=C(C)[C@H](O)[C@@H](C)C(=O)[C@H](C)N(Cc1ccccc1)Cc1ccccc1. The Morgan fingerprint density at radius 1 is 0.962 bits per heavy atom. The first-order valence-electron chi connectivity index (χ1n) is 9.09. The van der Waals surface area contributed by atoms with E-state index in [1.54, 1.807) is 13.8 Å². The van der Waals surface area contributed by atoms with Gasteiger partial charge in [0.05, 0.1) is 12.1 Å². The van der Waals surface area contributed by atoms with Gasteiger partial charge < -0.3 is 5.11 Å². The summed E-state index contributed by atoms with van der Waals surface area (Å²) < 4.78 is 0. The highest BCUT2D eigenvalue weighted by atomic mass is 16.3. The minimum atomic E-state index is -0.805. The highest BCUT2D eigenvalue weighted by Gasteiger charge is 2.30. The zero-order valence-electron chi connectivity index (χ0n) is 15.9. The number of carbonyl (C=O) groups is 1. The predicted octanol–water partition coefficient (Wildman–Crippen LogP) is 4.22. The Morgan fingerprint density at radius 3 is 1.77 bits per heavy atom. The van der Waals surface area contributed by atoms with E-state index in [-0.39, 0.29) is 11.8 Å². The topological polar surface area (TPSA) is 40.5 Å². The quantitative estimate of drug-likeness (QED) is 0.688. The van der Waals surface area contributed by atoms with E-state index in [1.165, 1.54) is 0 Å². The van der Waals surface area contributed by atoms with Crippen molar-refractivity contribution in [3.05, 3.63) is 83.9 Å². The smallest absolute Gasteiger partial charge is 0.155 e. The molecule has 0 saturated heterocycles. The Kier molecular flexibility index (Phi) is 7.31. The van der Waals surface area contributed by atoms with E-state index in [9.17, 15) is 9.90 Å². The summed E-state index contributed by atoms with van der Waals surface area (Å²) in [6.07, 6.45) is -0.805. The summed E-state index contributed by atoms with van der Waals surface area (Å²) in [6, 6.07) is 20.0. The van der Waals surface area contributed by atoms with Crippen molar-refractivity contribution < 1.29 is 9.90 Å². The van der Waals surface area contributed by atoms with Crippen molar-refractivity contribution in [2.45, 2.75) is 46.0 Å². The largest absolute Gasteiger partial charge is 0.388 e. The average molecular weight is 351 g/mol. The molecule has 0 aliphatic heterocycles. The van der Waals surface area contributed by atoms with Crippen LogP contribution in [0.4, 0.5) is 0 Å². The molecule has 26 heavy (non-hydrogen) atoms. The molecular formula is C23H29NO2. The van der Waals surface area contributed by atoms with Gasteiger partial charge >= 0.3 is 0 Å². The zero-order valence-corrected chi connectivity index (χ0v) is 15.9. The second-order valence-corrected chi connectivity index (χ2v) is 7.03. The summed E-state index contributed by atoms with van der Waals surface area (Å²) >= 11 is 0. The van der Waals surface area contributed by atoms with Crippen molar-refractivity contribution in [3.63, 3.8) is 0 Å². The van der Waals surface area contributed by atoms with Crippen molar-refractivity contribution in [1.82, 2.24) is 4.90 Å². The summed E-state index contributed by atoms with van der Waals surface area (Å²) in [6.45, 7) is 10.6. The van der Waals surface area contributed by atoms with Gasteiger partial charge in [-0.3, -0.25) is 9.69 Å². The van der Waals surface area contributed by atoms with Crippen LogP contribution in [-0.2, 0) is 17.9 Å². The van der Waals surface area contributed by atoms with E-state index in [0.717, 1.165) is 11.1 Å². The predicted molar refractivity (Wildman–Crippen MR) is 107 cm³/mol. The minimum Gasteiger partial charge on any atom is -0.388 e. The van der Waals surface area contributed by atoms with E-state index in [0.29, 0.717) is 18.7 Å². The fourth-order valence-corrected chi connectivity index (χ4v) is 3.11. The molecule has 0 unspecified atom stereocenters. The number of hydrogen-bond acceptors (Lipinski definition) is 3. The van der Waals surface area contributed by atoms with Crippen LogP contribution in [0.5, 0.6) is 0 Å². The Labute approximate surface area is 157 Å². The Hall–Kier alpha value is -2.23. The van der Waals surface area contributed by atoms with Gasteiger partial charge in [-0.1, -0.05) is 79.7 Å². The van der Waals surface area contributed by atoms with Gasteiger partial charge in [0.2, 0.25) is 0 Å². The van der Waals surface area contributed by atoms with Crippen LogP contribution in [-0.4, -0.2) is 27.9 Å². The highest BCUT2D eigenvalue weighted by Crippen LogP contribution is 2.19. The van der Waals surface area contributed by atoms with E-state index in [4.69, 9.17) is 0 Å². The maximum Gasteiger partial charge on any atom is 0.155 e. The van der Waals surface area contributed by atoms with Crippen LogP contribution in [0.25, 0.3) is 0 Å². The molecule has 2 aromatic carbocycles. The second kappa shape index (κ2) is 9.46. The molecule has 3 heteroatoms. The number of Topliss-reactive ketones (excluding diaryl/α,β-unsaturated/α-hetero) is 1. The van der Waals surface area contributed by atoms with Gasteiger partial charge in [0.15, 0.2) is 5.78 Å². The van der Waals surface area contributed by atoms with Crippen LogP contribution in [0.2, 0.25) is 0 Å². The first kappa shape index (κ1) is 20.1. The van der Waals surface area contributed by atoms with Crippen LogP contribution in [0, 0.1) is 5.92 Å². The molecule has 1 N–H and O–H groups in total. The zero-order chi connectivity index (χ0) is 19.1. The lowest BCUT2D eigenvalue weighted by molar-refractivity contribution is -0.130. The van der Waals surface area contributed by atoms with E-state index < -0.39 is 12.0 Å². The maximum absolute atomic E-state index is 13.0. The summed E-state index contributed by atoms with van der Waals surface area (Å²) in [4.78, 5) is 15.1. The third-order valence-electron chi connectivity index (χ3n) is 4.84. The lowest BCUT2D eigenvalue weighted by atomic mass is 9.91. The molecular weight excluding hydrogens is 322 g/mol. The van der Waals surface area contributed by atoms with Crippen molar-refractivity contribution >= 4 is 5.78 Å². The van der Waals surface area contributed by atoms with Gasteiger partial charge in [-0.05, 0) is 25.0 Å². The van der Waals surface area contributed by atoms with Gasteiger partial charge in [0.1, 0.15) is 0 Å². The van der Waals surface area contributed by atoms with Gasteiger partial charge in [0.25, 0.3) is 0 Å². The summed E-state index contributed by atoms with van der Waals surface area (Å²) in [5, 5.41) is 10.2. The van der Waals surface area contributed by atoms with Crippen LogP contribution >= 0.6 is 0 Å². The molecule has 3 nitrogen and oxygen atoms in total. The molecule has 0 aliphatic rings. The number of hydrogen-bond donors (Lipinski definition) is 1. The van der Waals surface area contributed by atoms with Gasteiger partial charge in [-0.2, -0.15) is 0 Å². The second-order valence-electron chi connectivity index (χ2n) is 7.03. The van der Waals surface area contributed by atoms with Crippen LogP contribution in [0.1, 0.15) is 31.9 Å². The van der Waals surface area contributed by atoms with E-state index in [1.807, 2.05) is 43.3 Å². The molecule has 138 valence electrons. The number of aliphatic hydroxyl groups excluding tert-OH is 1. The molecule has 0 aliphatic carbocycles. The fraction of sp³-hybridized carbons (Fsp3) is 0.348. The van der Waals surface area contributed by atoms with E-state index >= 15 is 0 Å². The Balaban J connectivity index is 2.21. The van der Waals surface area contributed by atoms with Gasteiger partial charge in [-0.25, -0.2) is 0 Å². The average Bonchev–Trinajstić information content (AvgIpc) is 2.66. The number of rotatable bonds is 9. The molecule has 0 saturated carbocycles. The molecule has 0 bridgehead atoms. The van der Waals surface area contributed by atoms with Crippen molar-refractivity contribution in [3.8, 4) is 0 Å². The van der Waals surface area contributed by atoms with Crippen LogP contribution < -0.4 is 0 Å². The first-order valence-corrected chi connectivity index (χ1v) is 9.09. The molecule has 0 spiro atoms. The number of aliphatic hydroxyl groups is 1. The fourth-order valence-electron chi connectivity index (χ4n) is 3.11. The van der Waals surface area contributed by atoms with Gasteiger partial charge in [-0.15, -0.1) is 0 Å². The van der Waals surface area contributed by atoms with Crippen molar-refractivity contribution in [2.75, 3.05) is 0 Å². The van der Waals surface area contributed by atoms with Crippen molar-refractivity contribution in [1.29, 1.82) is 0 Å². The molecule has 0 aromatic heterocycles. The molecule has 0 radical (unpaired) electrons. The van der Waals surface area contributed by atoms with Crippen LogP contribution in [0.3, 0.4) is 0 Å². The van der Waals surface area contributed by atoms with E-state index in [2.05, 4.69) is 35.7 Å². The monoisotopic (exact) mass is 351 g/mol. The number of benzene rings is 2. The third-order valence-corrected chi connectivity index (χ3v) is 4.84. The molecule has 0 amide bonds. The van der Waals surface area contributed by atoms with Crippen molar-refractivity contribution in [2.24, 2.45) is 5.92 Å². The molecule has 2 aromatic rings. The number of carbonyl (C=O) groups excluding carboxylic acids is 1. The number of ketones is 1. The summed E-state index contributed by atoms with van der Waals surface area (Å²) in [5.41, 5.74) is 2.95. The third kappa shape index (κ3) is 5.38. The first-order chi connectivity index (χ1) is 12.4. The Morgan fingerprint density at radius 2 is 1.38 bits per heavy atom. The Bertz CT molecular complexity index is 670. The minimum absolute atomic E-state index is 0.0346. The molecule has 2 rings (SSSR count). The lowest BCUT2D eigenvalue weighted by Crippen LogP contribution is -2.43.